The lowest BCUT2D eigenvalue weighted by atomic mass is 9.83. The van der Waals surface area contributed by atoms with Gasteiger partial charge in [-0.25, -0.2) is 4.98 Å². The highest BCUT2D eigenvalue weighted by Gasteiger charge is 2.44. The predicted octanol–water partition coefficient (Wildman–Crippen LogP) is 1.93. The van der Waals surface area contributed by atoms with Crippen LogP contribution in [0.5, 0.6) is 0 Å². The molecule has 1 saturated carbocycles. The quantitative estimate of drug-likeness (QED) is 0.910. The molecule has 1 heterocycles. The van der Waals surface area contributed by atoms with E-state index in [-0.39, 0.29) is 17.4 Å². The molecule has 0 bridgehead atoms. The van der Waals surface area contributed by atoms with Gasteiger partial charge in [-0.05, 0) is 26.7 Å². The fraction of sp³-hybridized carbons (Fsp3) is 0.692. The first-order chi connectivity index (χ1) is 8.43. The Kier molecular flexibility index (Phi) is 3.73. The van der Waals surface area contributed by atoms with Gasteiger partial charge in [0.1, 0.15) is 0 Å². The minimum absolute atomic E-state index is 0.00403. The number of hydrogen-bond donors (Lipinski definition) is 1. The van der Waals surface area contributed by atoms with Crippen molar-refractivity contribution in [2.45, 2.75) is 45.7 Å². The first kappa shape index (κ1) is 13.5. The number of thiazole rings is 1. The molecule has 2 unspecified atom stereocenters. The molecule has 1 fully saturated rings. The average Bonchev–Trinajstić information content (AvgIpc) is 2.86. The van der Waals surface area contributed by atoms with Gasteiger partial charge in [0.05, 0.1) is 17.0 Å². The molecule has 2 N–H and O–H groups in total. The zero-order valence-electron chi connectivity index (χ0n) is 11.3. The molecule has 1 amide bonds. The molecule has 2 rings (SSSR count). The number of nitrogens with two attached hydrogens (primary N) is 1. The van der Waals surface area contributed by atoms with Crippen molar-refractivity contribution < 1.29 is 4.79 Å². The van der Waals surface area contributed by atoms with Crippen LogP contribution in [0.1, 0.15) is 36.1 Å². The number of amides is 1. The Bertz CT molecular complexity index is 445. The summed E-state index contributed by atoms with van der Waals surface area (Å²) in [5.74, 6) is 0.165. The topological polar surface area (TPSA) is 59.2 Å². The minimum Gasteiger partial charge on any atom is -0.340 e. The van der Waals surface area contributed by atoms with Crippen LogP contribution in [-0.2, 0) is 11.3 Å². The SMILES string of the molecule is Cc1ncc(CN(C)C(=O)C2(C)CCCC2N)s1. The number of hydrogen-bond acceptors (Lipinski definition) is 4. The summed E-state index contributed by atoms with van der Waals surface area (Å²) < 4.78 is 0. The van der Waals surface area contributed by atoms with Crippen LogP contribution >= 0.6 is 11.3 Å². The van der Waals surface area contributed by atoms with Gasteiger partial charge in [-0.3, -0.25) is 4.79 Å². The monoisotopic (exact) mass is 267 g/mol. The second-order valence-corrected chi connectivity index (χ2v) is 6.74. The van der Waals surface area contributed by atoms with E-state index in [9.17, 15) is 4.79 Å². The van der Waals surface area contributed by atoms with Crippen LogP contribution in [0.3, 0.4) is 0 Å². The lowest BCUT2D eigenvalue weighted by Gasteiger charge is -2.32. The maximum atomic E-state index is 12.5. The molecule has 1 aromatic rings. The molecule has 1 aliphatic rings. The second kappa shape index (κ2) is 4.97. The van der Waals surface area contributed by atoms with Crippen molar-refractivity contribution >= 4 is 17.2 Å². The predicted molar refractivity (Wildman–Crippen MR) is 73.3 cm³/mol. The van der Waals surface area contributed by atoms with Crippen LogP contribution in [0.2, 0.25) is 0 Å². The van der Waals surface area contributed by atoms with Gasteiger partial charge in [-0.15, -0.1) is 11.3 Å². The number of nitrogens with zero attached hydrogens (tertiary/aromatic N) is 2. The highest BCUT2D eigenvalue weighted by atomic mass is 32.1. The number of carbonyl (C=O) groups is 1. The first-order valence-electron chi connectivity index (χ1n) is 6.36. The Morgan fingerprint density at radius 3 is 2.94 bits per heavy atom. The molecule has 0 radical (unpaired) electrons. The molecule has 18 heavy (non-hydrogen) atoms. The fourth-order valence-electron chi connectivity index (χ4n) is 2.68. The Morgan fingerprint density at radius 2 is 2.44 bits per heavy atom. The Labute approximate surface area is 112 Å². The molecule has 0 spiro atoms. The van der Waals surface area contributed by atoms with Gasteiger partial charge in [-0.2, -0.15) is 0 Å². The summed E-state index contributed by atoms with van der Waals surface area (Å²) in [5.41, 5.74) is 5.71. The summed E-state index contributed by atoms with van der Waals surface area (Å²) >= 11 is 1.64. The number of carbonyl (C=O) groups excluding carboxylic acids is 1. The van der Waals surface area contributed by atoms with Crippen molar-refractivity contribution in [1.29, 1.82) is 0 Å². The van der Waals surface area contributed by atoms with Crippen molar-refractivity contribution in [2.75, 3.05) is 7.05 Å². The zero-order chi connectivity index (χ0) is 13.3. The summed E-state index contributed by atoms with van der Waals surface area (Å²) in [4.78, 5) is 19.6. The van der Waals surface area contributed by atoms with Crippen molar-refractivity contribution in [2.24, 2.45) is 11.1 Å². The Morgan fingerprint density at radius 1 is 1.72 bits per heavy atom. The maximum Gasteiger partial charge on any atom is 0.230 e. The van der Waals surface area contributed by atoms with Crippen LogP contribution in [0.15, 0.2) is 6.20 Å². The molecule has 0 saturated heterocycles. The van der Waals surface area contributed by atoms with Crippen LogP contribution in [0.25, 0.3) is 0 Å². The van der Waals surface area contributed by atoms with Gasteiger partial charge in [0.2, 0.25) is 5.91 Å². The molecular formula is C13H21N3OS. The van der Waals surface area contributed by atoms with Crippen LogP contribution in [0, 0.1) is 12.3 Å². The van der Waals surface area contributed by atoms with Crippen LogP contribution < -0.4 is 5.73 Å². The number of aryl methyl sites for hydroxylation is 1. The largest absolute Gasteiger partial charge is 0.340 e. The highest BCUT2D eigenvalue weighted by molar-refractivity contribution is 7.11. The molecule has 1 aliphatic carbocycles. The third kappa shape index (κ3) is 2.42. The van der Waals surface area contributed by atoms with E-state index in [1.165, 1.54) is 0 Å². The Hall–Kier alpha value is -0.940. The molecule has 4 nitrogen and oxygen atoms in total. The zero-order valence-corrected chi connectivity index (χ0v) is 12.1. The molecule has 1 aromatic heterocycles. The van der Waals surface area contributed by atoms with Gasteiger partial charge in [0.15, 0.2) is 0 Å². The lowest BCUT2D eigenvalue weighted by Crippen LogP contribution is -2.47. The van der Waals surface area contributed by atoms with E-state index in [2.05, 4.69) is 4.98 Å². The van der Waals surface area contributed by atoms with E-state index in [0.29, 0.717) is 6.54 Å². The standard InChI is InChI=1S/C13H21N3OS/c1-9-15-7-10(18-9)8-16(3)12(17)13(2)6-4-5-11(13)14/h7,11H,4-6,8,14H2,1-3H3. The first-order valence-corrected chi connectivity index (χ1v) is 7.17. The molecule has 0 aliphatic heterocycles. The van der Waals surface area contributed by atoms with Gasteiger partial charge in [0.25, 0.3) is 0 Å². The van der Waals surface area contributed by atoms with Crippen LogP contribution in [0.4, 0.5) is 0 Å². The van der Waals surface area contributed by atoms with Crippen molar-refractivity contribution in [3.05, 3.63) is 16.1 Å². The smallest absolute Gasteiger partial charge is 0.230 e. The fourth-order valence-corrected chi connectivity index (χ4v) is 3.53. The Balaban J connectivity index is 2.05. The van der Waals surface area contributed by atoms with Crippen molar-refractivity contribution in [3.8, 4) is 0 Å². The summed E-state index contributed by atoms with van der Waals surface area (Å²) in [5, 5.41) is 1.04. The average molecular weight is 267 g/mol. The van der Waals surface area contributed by atoms with E-state index >= 15 is 0 Å². The number of aromatic nitrogens is 1. The second-order valence-electron chi connectivity index (χ2n) is 5.42. The lowest BCUT2D eigenvalue weighted by molar-refractivity contribution is -0.140. The third-order valence-corrected chi connectivity index (χ3v) is 4.82. The molecule has 0 aromatic carbocycles. The summed E-state index contributed by atoms with van der Waals surface area (Å²) in [7, 11) is 1.85. The molecule has 5 heteroatoms. The normalized spacial score (nSPS) is 27.4. The highest BCUT2D eigenvalue weighted by Crippen LogP contribution is 2.38. The van der Waals surface area contributed by atoms with E-state index in [1.807, 2.05) is 27.1 Å². The van der Waals surface area contributed by atoms with Crippen molar-refractivity contribution in [1.82, 2.24) is 9.88 Å². The van der Waals surface area contributed by atoms with Gasteiger partial charge in [-0.1, -0.05) is 6.42 Å². The van der Waals surface area contributed by atoms with Crippen molar-refractivity contribution in [3.63, 3.8) is 0 Å². The maximum absolute atomic E-state index is 12.5. The van der Waals surface area contributed by atoms with Crippen LogP contribution in [-0.4, -0.2) is 28.9 Å². The molecule has 100 valence electrons. The van der Waals surface area contributed by atoms with E-state index in [4.69, 9.17) is 5.73 Å². The third-order valence-electron chi connectivity index (χ3n) is 3.93. The molecule has 2 atom stereocenters. The summed E-state index contributed by atoms with van der Waals surface area (Å²) in [6, 6.07) is -0.00403. The van der Waals surface area contributed by atoms with Gasteiger partial charge in [0, 0.05) is 24.2 Å². The minimum atomic E-state index is -0.380. The van der Waals surface area contributed by atoms with Gasteiger partial charge >= 0.3 is 0 Å². The van der Waals surface area contributed by atoms with Gasteiger partial charge < -0.3 is 10.6 Å². The number of rotatable bonds is 3. The van der Waals surface area contributed by atoms with E-state index in [0.717, 1.165) is 29.1 Å². The van der Waals surface area contributed by atoms with E-state index < -0.39 is 0 Å². The summed E-state index contributed by atoms with van der Waals surface area (Å²) in [6.45, 7) is 4.61. The molecular weight excluding hydrogens is 246 g/mol. The van der Waals surface area contributed by atoms with E-state index in [1.54, 1.807) is 16.2 Å². The summed E-state index contributed by atoms with van der Waals surface area (Å²) in [6.07, 6.45) is 4.76.